The lowest BCUT2D eigenvalue weighted by Gasteiger charge is -2.24. The van der Waals surface area contributed by atoms with Crippen molar-refractivity contribution >= 4 is 11.8 Å². The van der Waals surface area contributed by atoms with E-state index in [1.54, 1.807) is 0 Å². The van der Waals surface area contributed by atoms with Crippen molar-refractivity contribution in [3.8, 4) is 0 Å². The average Bonchev–Trinajstić information content (AvgIpc) is 2.84. The molecule has 1 saturated heterocycles. The Kier molecular flexibility index (Phi) is 5.83. The minimum Gasteiger partial charge on any atom is -0.480 e. The number of hydrogen-bond donors (Lipinski definition) is 5. The molecule has 0 aromatic carbocycles. The van der Waals surface area contributed by atoms with Gasteiger partial charge in [-0.1, -0.05) is 0 Å². The zero-order valence-corrected chi connectivity index (χ0v) is 10.3. The van der Waals surface area contributed by atoms with Gasteiger partial charge in [-0.3, -0.25) is 14.5 Å². The average molecular weight is 283 g/mol. The first-order valence-electron chi connectivity index (χ1n) is 6.03. The van der Waals surface area contributed by atoms with Gasteiger partial charge in [0.05, 0.1) is 13.2 Å². The Bertz CT molecular complexity index is 335. The minimum atomic E-state index is -1.85. The highest BCUT2D eigenvalue weighted by molar-refractivity contribution is 5.86. The molecule has 0 saturated carbocycles. The van der Waals surface area contributed by atoms with Crippen LogP contribution in [0.2, 0.25) is 0 Å². The summed E-state index contributed by atoms with van der Waals surface area (Å²) in [6.07, 6.45) is -4.18. The van der Waals surface area contributed by atoms with Crippen LogP contribution in [0.5, 0.6) is 0 Å². The van der Waals surface area contributed by atoms with Gasteiger partial charge >= 0.3 is 5.97 Å². The number of Topliss-reactive ketones (excluding diaryl/α,β-unsaturated/α-hetero) is 1. The SMILES string of the molecule is O=C(O)[C@@H]1CCCN1[13CH2][13C](=O)[13C@@H](O)[13C@H](O)[13C@H](O)[13CH2]O. The van der Waals surface area contributed by atoms with Crippen LogP contribution < -0.4 is 0 Å². The maximum absolute atomic E-state index is 11.7. The Balaban J connectivity index is 2.56. The third-order valence-corrected chi connectivity index (χ3v) is 3.24. The first-order chi connectivity index (χ1) is 8.88. The van der Waals surface area contributed by atoms with E-state index in [2.05, 4.69) is 0 Å². The zero-order chi connectivity index (χ0) is 14.6. The first kappa shape index (κ1) is 16.0. The molecular weight excluding hydrogens is 264 g/mol. The van der Waals surface area contributed by atoms with Crippen molar-refractivity contribution < 1.29 is 35.1 Å². The summed E-state index contributed by atoms with van der Waals surface area (Å²) in [4.78, 5) is 24.0. The molecule has 8 nitrogen and oxygen atoms in total. The van der Waals surface area contributed by atoms with E-state index in [0.29, 0.717) is 19.4 Å². The summed E-state index contributed by atoms with van der Waals surface area (Å²) in [7, 11) is 0. The summed E-state index contributed by atoms with van der Waals surface area (Å²) in [5, 5.41) is 45.6. The van der Waals surface area contributed by atoms with Gasteiger partial charge in [0.15, 0.2) is 5.78 Å². The number of carboxylic acids is 1. The van der Waals surface area contributed by atoms with E-state index in [1.165, 1.54) is 4.90 Å². The van der Waals surface area contributed by atoms with Gasteiger partial charge in [0.2, 0.25) is 0 Å². The highest BCUT2D eigenvalue weighted by atomic mass is 16.5. The second-order valence-corrected chi connectivity index (χ2v) is 4.62. The van der Waals surface area contributed by atoms with E-state index >= 15 is 0 Å². The van der Waals surface area contributed by atoms with Gasteiger partial charge in [0.25, 0.3) is 0 Å². The molecule has 1 fully saturated rings. The van der Waals surface area contributed by atoms with Crippen molar-refractivity contribution in [1.82, 2.24) is 4.90 Å². The standard InChI is InChI=1S/C11H19NO7/c13-5-8(15)10(17)9(16)7(14)4-12-3-1-2-6(12)11(18)19/h6,8-10,13,15-17H,1-5H2,(H,18,19)/t6-,8+,9+,10+/m0/s1/i4+1,5+1,7+1,8+1,9+1,10+1. The number of carbonyl (C=O) groups excluding carboxylic acids is 1. The monoisotopic (exact) mass is 283 g/mol. The number of aliphatic carboxylic acids is 1. The van der Waals surface area contributed by atoms with Crippen molar-refractivity contribution in [1.29, 1.82) is 0 Å². The van der Waals surface area contributed by atoms with Crippen LogP contribution >= 0.6 is 0 Å². The molecule has 0 aromatic heterocycles. The fourth-order valence-corrected chi connectivity index (χ4v) is 2.10. The van der Waals surface area contributed by atoms with Gasteiger partial charge in [0.1, 0.15) is 24.4 Å². The molecule has 0 spiro atoms. The van der Waals surface area contributed by atoms with Crippen LogP contribution in [0.25, 0.3) is 0 Å². The number of carboxylic acid groups (broad SMARTS) is 1. The Morgan fingerprint density at radius 3 is 2.42 bits per heavy atom. The second-order valence-electron chi connectivity index (χ2n) is 4.62. The number of aliphatic hydroxyl groups is 4. The number of hydrogen-bond acceptors (Lipinski definition) is 7. The zero-order valence-electron chi connectivity index (χ0n) is 10.3. The smallest absolute Gasteiger partial charge is 0.320 e. The molecule has 0 aromatic rings. The van der Waals surface area contributed by atoms with Gasteiger partial charge in [-0.25, -0.2) is 0 Å². The Morgan fingerprint density at radius 1 is 1.26 bits per heavy atom. The molecular formula is C11H19NO7. The maximum Gasteiger partial charge on any atom is 0.320 e. The topological polar surface area (TPSA) is 139 Å². The Labute approximate surface area is 109 Å². The maximum atomic E-state index is 11.7. The van der Waals surface area contributed by atoms with Crippen LogP contribution in [0.3, 0.4) is 0 Å². The molecule has 0 amide bonds. The lowest BCUT2D eigenvalue weighted by Crippen LogP contribution is -2.48. The van der Waals surface area contributed by atoms with Crippen LogP contribution in [0.4, 0.5) is 0 Å². The van der Waals surface area contributed by atoms with E-state index in [4.69, 9.17) is 15.3 Å². The quantitative estimate of drug-likeness (QED) is 0.315. The van der Waals surface area contributed by atoms with Gasteiger partial charge in [-0.15, -0.1) is 0 Å². The van der Waals surface area contributed by atoms with E-state index in [1.807, 2.05) is 0 Å². The largest absolute Gasteiger partial charge is 0.480 e. The molecule has 5 N–H and O–H groups in total. The molecule has 1 heterocycles. The summed E-state index contributed by atoms with van der Waals surface area (Å²) in [6, 6.07) is -0.768. The van der Waals surface area contributed by atoms with E-state index in [0.717, 1.165) is 0 Å². The summed E-state index contributed by atoms with van der Waals surface area (Å²) in [5.74, 6) is -1.82. The summed E-state index contributed by atoms with van der Waals surface area (Å²) in [5.41, 5.74) is 0. The second kappa shape index (κ2) is 6.92. The van der Waals surface area contributed by atoms with E-state index < -0.39 is 42.7 Å². The van der Waals surface area contributed by atoms with Gasteiger partial charge in [-0.2, -0.15) is 0 Å². The Hall–Kier alpha value is -1.06. The van der Waals surface area contributed by atoms with Crippen molar-refractivity contribution in [2.75, 3.05) is 19.7 Å². The molecule has 0 unspecified atom stereocenters. The van der Waals surface area contributed by atoms with Crippen LogP contribution in [0, 0.1) is 0 Å². The number of ketones is 1. The third kappa shape index (κ3) is 3.95. The van der Waals surface area contributed by atoms with Crippen LogP contribution in [-0.4, -0.2) is 86.2 Å². The third-order valence-electron chi connectivity index (χ3n) is 3.24. The van der Waals surface area contributed by atoms with Crippen LogP contribution in [0.15, 0.2) is 0 Å². The van der Waals surface area contributed by atoms with E-state index in [-0.39, 0.29) is 6.54 Å². The lowest BCUT2D eigenvalue weighted by molar-refractivity contribution is -0.145. The van der Waals surface area contributed by atoms with Crippen molar-refractivity contribution in [3.63, 3.8) is 0 Å². The number of likely N-dealkylation sites (tertiary alicyclic amines) is 1. The van der Waals surface area contributed by atoms with E-state index in [9.17, 15) is 19.8 Å². The molecule has 1 rings (SSSR count). The summed E-state index contributed by atoms with van der Waals surface area (Å²) >= 11 is 0. The number of nitrogens with zero attached hydrogens (tertiary/aromatic N) is 1. The predicted molar refractivity (Wildman–Crippen MR) is 62.3 cm³/mol. The number of carbonyl (C=O) groups is 2. The summed E-state index contributed by atoms with van der Waals surface area (Å²) < 4.78 is 0. The van der Waals surface area contributed by atoms with Gasteiger partial charge in [-0.05, 0) is 19.4 Å². The molecule has 0 bridgehead atoms. The normalized spacial score (nSPS) is 24.9. The molecule has 8 heteroatoms. The molecule has 1 aliphatic heterocycles. The van der Waals surface area contributed by atoms with Gasteiger partial charge < -0.3 is 25.5 Å². The van der Waals surface area contributed by atoms with Crippen molar-refractivity contribution in [2.24, 2.45) is 0 Å². The lowest BCUT2D eigenvalue weighted by atomic mass is 10.2. The molecule has 4 atom stereocenters. The van der Waals surface area contributed by atoms with Crippen LogP contribution in [0.1, 0.15) is 12.8 Å². The minimum absolute atomic E-state index is 0.312. The fraction of sp³-hybridized carbons (Fsp3) is 0.818. The molecule has 110 valence electrons. The molecule has 0 aliphatic carbocycles. The molecule has 0 radical (unpaired) electrons. The fourth-order valence-electron chi connectivity index (χ4n) is 2.10. The highest BCUT2D eigenvalue weighted by Gasteiger charge is 2.35. The van der Waals surface area contributed by atoms with Gasteiger partial charge in [0, 0.05) is 0 Å². The Morgan fingerprint density at radius 2 is 1.89 bits per heavy atom. The predicted octanol–water partition coefficient (Wildman–Crippen LogP) is -2.82. The molecule has 19 heavy (non-hydrogen) atoms. The van der Waals surface area contributed by atoms with Crippen molar-refractivity contribution in [3.05, 3.63) is 0 Å². The summed E-state index contributed by atoms with van der Waals surface area (Å²) in [6.45, 7) is -0.672. The highest BCUT2D eigenvalue weighted by Crippen LogP contribution is 2.17. The van der Waals surface area contributed by atoms with Crippen molar-refractivity contribution in [2.45, 2.75) is 37.2 Å². The number of aliphatic hydroxyl groups excluding tert-OH is 4. The first-order valence-corrected chi connectivity index (χ1v) is 6.03. The molecule has 1 aliphatic rings. The number of rotatable bonds is 7. The van der Waals surface area contributed by atoms with Crippen LogP contribution in [-0.2, 0) is 9.59 Å².